The van der Waals surface area contributed by atoms with E-state index in [0.717, 1.165) is 25.4 Å². The molecular weight excluding hydrogens is 371 g/mol. The number of benzene rings is 1. The van der Waals surface area contributed by atoms with Gasteiger partial charge in [0.05, 0.1) is 18.0 Å². The van der Waals surface area contributed by atoms with Crippen LogP contribution in [0.4, 0.5) is 15.9 Å². The molecule has 0 radical (unpaired) electrons. The fraction of sp³-hybridized carbons (Fsp3) is 0.476. The van der Waals surface area contributed by atoms with E-state index in [-0.39, 0.29) is 23.3 Å². The number of halogens is 1. The lowest BCUT2D eigenvalue weighted by Crippen LogP contribution is -2.44. The van der Waals surface area contributed by atoms with Gasteiger partial charge in [0.1, 0.15) is 11.4 Å². The molecule has 7 nitrogen and oxygen atoms in total. The first kappa shape index (κ1) is 19.4. The lowest BCUT2D eigenvalue weighted by Gasteiger charge is -2.39. The number of hydrogen-bond acceptors (Lipinski definition) is 5. The van der Waals surface area contributed by atoms with Crippen LogP contribution in [0.5, 0.6) is 0 Å². The molecule has 2 fully saturated rings. The molecule has 2 aromatic rings. The minimum absolute atomic E-state index is 0.112. The Morgan fingerprint density at radius 2 is 2.07 bits per heavy atom. The topological polar surface area (TPSA) is 100.0 Å². The van der Waals surface area contributed by atoms with Crippen LogP contribution < -0.4 is 11.1 Å². The molecule has 1 aromatic heterocycles. The Kier molecular flexibility index (Phi) is 5.49. The zero-order valence-electron chi connectivity index (χ0n) is 16.2. The highest BCUT2D eigenvalue weighted by molar-refractivity contribution is 5.98. The van der Waals surface area contributed by atoms with E-state index in [4.69, 9.17) is 5.73 Å². The molecule has 152 valence electrons. The average molecular weight is 396 g/mol. The summed E-state index contributed by atoms with van der Waals surface area (Å²) in [7, 11) is 0. The summed E-state index contributed by atoms with van der Waals surface area (Å²) in [5, 5.41) is 17.3. The Balaban J connectivity index is 1.52. The van der Waals surface area contributed by atoms with Gasteiger partial charge in [0.15, 0.2) is 5.82 Å². The summed E-state index contributed by atoms with van der Waals surface area (Å²) in [5.41, 5.74) is 6.39. The van der Waals surface area contributed by atoms with Crippen LogP contribution in [0.2, 0.25) is 0 Å². The Labute approximate surface area is 169 Å². The molecule has 1 saturated carbocycles. The van der Waals surface area contributed by atoms with E-state index in [2.05, 4.69) is 21.4 Å². The lowest BCUT2D eigenvalue weighted by molar-refractivity contribution is 0.0998. The van der Waals surface area contributed by atoms with Crippen LogP contribution in [0.15, 0.2) is 30.5 Å². The Morgan fingerprint density at radius 1 is 1.31 bits per heavy atom. The SMILES string of the molecule is N#C[C@H]1CN(CC2CCC2)CC[C@H]1n1cc(C(N)=O)c(Nc2ccc(F)cc2)n1. The van der Waals surface area contributed by atoms with Gasteiger partial charge in [0.2, 0.25) is 0 Å². The molecule has 1 aliphatic heterocycles. The van der Waals surface area contributed by atoms with Crippen LogP contribution >= 0.6 is 0 Å². The number of nitrogens with zero attached hydrogens (tertiary/aromatic N) is 4. The highest BCUT2D eigenvalue weighted by Crippen LogP contribution is 2.33. The molecule has 1 aromatic carbocycles. The number of nitrogens with two attached hydrogens (primary N) is 1. The monoisotopic (exact) mass is 396 g/mol. The van der Waals surface area contributed by atoms with Crippen molar-refractivity contribution in [3.63, 3.8) is 0 Å². The van der Waals surface area contributed by atoms with Crippen LogP contribution in [0, 0.1) is 29.0 Å². The van der Waals surface area contributed by atoms with Crippen molar-refractivity contribution in [1.29, 1.82) is 5.26 Å². The van der Waals surface area contributed by atoms with Gasteiger partial charge in [-0.1, -0.05) is 6.42 Å². The van der Waals surface area contributed by atoms with E-state index in [1.165, 1.54) is 31.4 Å². The predicted molar refractivity (Wildman–Crippen MR) is 107 cm³/mol. The van der Waals surface area contributed by atoms with Crippen molar-refractivity contribution >= 4 is 17.4 Å². The highest BCUT2D eigenvalue weighted by Gasteiger charge is 2.33. The second-order valence-corrected chi connectivity index (χ2v) is 8.02. The Hall–Kier alpha value is -2.92. The van der Waals surface area contributed by atoms with Gasteiger partial charge < -0.3 is 16.0 Å². The van der Waals surface area contributed by atoms with Crippen molar-refractivity contribution in [2.24, 2.45) is 17.6 Å². The molecule has 0 bridgehead atoms. The number of likely N-dealkylation sites (tertiary alicyclic amines) is 1. The Morgan fingerprint density at radius 3 is 2.69 bits per heavy atom. The third-order valence-corrected chi connectivity index (χ3v) is 6.01. The summed E-state index contributed by atoms with van der Waals surface area (Å²) >= 11 is 0. The largest absolute Gasteiger partial charge is 0.365 e. The Bertz CT molecular complexity index is 914. The van der Waals surface area contributed by atoms with Crippen LogP contribution in [0.25, 0.3) is 0 Å². The van der Waals surface area contributed by atoms with Gasteiger partial charge in [-0.2, -0.15) is 10.4 Å². The van der Waals surface area contributed by atoms with Gasteiger partial charge in [0, 0.05) is 31.5 Å². The molecule has 3 N–H and O–H groups in total. The van der Waals surface area contributed by atoms with E-state index < -0.39 is 5.91 Å². The molecule has 2 aliphatic rings. The van der Waals surface area contributed by atoms with Gasteiger partial charge in [-0.3, -0.25) is 9.48 Å². The third kappa shape index (κ3) is 4.25. The van der Waals surface area contributed by atoms with Crippen molar-refractivity contribution < 1.29 is 9.18 Å². The number of piperidine rings is 1. The summed E-state index contributed by atoms with van der Waals surface area (Å²) in [6.45, 7) is 2.68. The molecule has 4 rings (SSSR count). The van der Waals surface area contributed by atoms with E-state index in [0.29, 0.717) is 18.1 Å². The molecular formula is C21H25FN6O. The average Bonchev–Trinajstić information content (AvgIpc) is 3.10. The summed E-state index contributed by atoms with van der Waals surface area (Å²) in [4.78, 5) is 14.3. The van der Waals surface area contributed by atoms with E-state index >= 15 is 0 Å². The zero-order valence-corrected chi connectivity index (χ0v) is 16.2. The molecule has 8 heteroatoms. The number of carbonyl (C=O) groups excluding carboxylic acids is 1. The molecule has 29 heavy (non-hydrogen) atoms. The molecule has 2 heterocycles. The van der Waals surface area contributed by atoms with Gasteiger partial charge in [-0.05, 0) is 49.4 Å². The van der Waals surface area contributed by atoms with E-state index in [1.807, 2.05) is 0 Å². The van der Waals surface area contributed by atoms with Crippen LogP contribution in [0.3, 0.4) is 0 Å². The molecule has 0 spiro atoms. The molecule has 0 unspecified atom stereocenters. The summed E-state index contributed by atoms with van der Waals surface area (Å²) in [5.74, 6) is -0.0668. The number of rotatable bonds is 6. The molecule has 2 atom stereocenters. The fourth-order valence-corrected chi connectivity index (χ4v) is 4.16. The van der Waals surface area contributed by atoms with Crippen molar-refractivity contribution in [3.8, 4) is 6.07 Å². The number of nitriles is 1. The minimum atomic E-state index is -0.600. The van der Waals surface area contributed by atoms with Crippen molar-refractivity contribution in [2.45, 2.75) is 31.7 Å². The van der Waals surface area contributed by atoms with Crippen LogP contribution in [-0.2, 0) is 0 Å². The number of carbonyl (C=O) groups is 1. The predicted octanol–water partition coefficient (Wildman–Crippen LogP) is 3.05. The lowest BCUT2D eigenvalue weighted by atomic mass is 9.84. The summed E-state index contributed by atoms with van der Waals surface area (Å²) < 4.78 is 14.8. The molecule has 1 aliphatic carbocycles. The summed E-state index contributed by atoms with van der Waals surface area (Å²) in [6.07, 6.45) is 6.30. The van der Waals surface area contributed by atoms with Gasteiger partial charge >= 0.3 is 0 Å². The molecule has 1 saturated heterocycles. The summed E-state index contributed by atoms with van der Waals surface area (Å²) in [6, 6.07) is 8.10. The van der Waals surface area contributed by atoms with Gasteiger partial charge in [-0.25, -0.2) is 4.39 Å². The van der Waals surface area contributed by atoms with Gasteiger partial charge in [0.25, 0.3) is 5.91 Å². The number of nitrogens with one attached hydrogen (secondary N) is 1. The minimum Gasteiger partial charge on any atom is -0.365 e. The highest BCUT2D eigenvalue weighted by atomic mass is 19.1. The van der Waals surface area contributed by atoms with Crippen LogP contribution in [0.1, 0.15) is 42.1 Å². The number of primary amides is 1. The third-order valence-electron chi connectivity index (χ3n) is 6.01. The maximum Gasteiger partial charge on any atom is 0.254 e. The van der Waals surface area contributed by atoms with Crippen LogP contribution in [-0.4, -0.2) is 40.2 Å². The first-order chi connectivity index (χ1) is 14.0. The first-order valence-corrected chi connectivity index (χ1v) is 10.1. The van der Waals surface area contributed by atoms with Crippen molar-refractivity contribution in [1.82, 2.24) is 14.7 Å². The zero-order chi connectivity index (χ0) is 20.4. The first-order valence-electron chi connectivity index (χ1n) is 10.1. The number of anilines is 2. The number of hydrogen-bond donors (Lipinski definition) is 2. The van der Waals surface area contributed by atoms with E-state index in [9.17, 15) is 14.4 Å². The smallest absolute Gasteiger partial charge is 0.254 e. The standard InChI is InChI=1S/C21H25FN6O/c22-16-4-6-17(7-5-16)25-21-18(20(24)29)13-28(26-21)19-8-9-27(12-15(19)10-23)11-14-2-1-3-14/h4-7,13-15,19H,1-3,8-9,11-12H2,(H2,24,29)(H,25,26)/t15-,19+/m0/s1. The van der Waals surface area contributed by atoms with Crippen molar-refractivity contribution in [3.05, 3.63) is 41.8 Å². The van der Waals surface area contributed by atoms with E-state index in [1.54, 1.807) is 23.0 Å². The molecule has 1 amide bonds. The maximum atomic E-state index is 13.1. The second-order valence-electron chi connectivity index (χ2n) is 8.02. The fourth-order valence-electron chi connectivity index (χ4n) is 4.16. The second kappa shape index (κ2) is 8.21. The quantitative estimate of drug-likeness (QED) is 0.782. The van der Waals surface area contributed by atoms with Gasteiger partial charge in [-0.15, -0.1) is 0 Å². The number of amides is 1. The number of aromatic nitrogens is 2. The maximum absolute atomic E-state index is 13.1. The van der Waals surface area contributed by atoms with Crippen molar-refractivity contribution in [2.75, 3.05) is 25.0 Å². The normalized spacial score (nSPS) is 22.6.